The van der Waals surface area contributed by atoms with Gasteiger partial charge in [0.05, 0.1) is 16.9 Å². The SMILES string of the molecule is CC(C)n1cc(NC(=O)C(C(N)=S)c2ccccc2)cn1. The van der Waals surface area contributed by atoms with Gasteiger partial charge in [0.2, 0.25) is 5.91 Å². The Morgan fingerprint density at radius 3 is 2.52 bits per heavy atom. The third-order valence-electron chi connectivity index (χ3n) is 3.08. The second-order valence-corrected chi connectivity index (χ2v) is 5.51. The van der Waals surface area contributed by atoms with Crippen molar-refractivity contribution >= 4 is 28.8 Å². The highest BCUT2D eigenvalue weighted by atomic mass is 32.1. The Morgan fingerprint density at radius 1 is 1.33 bits per heavy atom. The largest absolute Gasteiger partial charge is 0.392 e. The lowest BCUT2D eigenvalue weighted by molar-refractivity contribution is -0.116. The monoisotopic (exact) mass is 302 g/mol. The van der Waals surface area contributed by atoms with E-state index in [0.29, 0.717) is 5.69 Å². The zero-order chi connectivity index (χ0) is 15.4. The summed E-state index contributed by atoms with van der Waals surface area (Å²) in [5, 5.41) is 6.99. The Balaban J connectivity index is 2.17. The first kappa shape index (κ1) is 15.2. The van der Waals surface area contributed by atoms with Crippen LogP contribution in [0.1, 0.15) is 31.4 Å². The molecule has 110 valence electrons. The maximum absolute atomic E-state index is 12.4. The molecule has 0 saturated carbocycles. The topological polar surface area (TPSA) is 72.9 Å². The molecular weight excluding hydrogens is 284 g/mol. The van der Waals surface area contributed by atoms with Crippen molar-refractivity contribution in [3.05, 3.63) is 48.3 Å². The molecule has 3 N–H and O–H groups in total. The number of nitrogens with zero attached hydrogens (tertiary/aromatic N) is 2. The van der Waals surface area contributed by atoms with Crippen molar-refractivity contribution < 1.29 is 4.79 Å². The fourth-order valence-corrected chi connectivity index (χ4v) is 2.23. The first-order valence-electron chi connectivity index (χ1n) is 6.68. The number of anilines is 1. The molecule has 0 fully saturated rings. The van der Waals surface area contributed by atoms with E-state index in [9.17, 15) is 4.79 Å². The van der Waals surface area contributed by atoms with Crippen LogP contribution in [0.25, 0.3) is 0 Å². The first-order chi connectivity index (χ1) is 9.99. The van der Waals surface area contributed by atoms with Gasteiger partial charge in [0, 0.05) is 12.2 Å². The van der Waals surface area contributed by atoms with E-state index in [1.165, 1.54) is 0 Å². The summed E-state index contributed by atoms with van der Waals surface area (Å²) in [5.41, 5.74) is 7.13. The van der Waals surface area contributed by atoms with Gasteiger partial charge in [-0.25, -0.2) is 0 Å². The predicted octanol–water partition coefficient (Wildman–Crippen LogP) is 2.47. The van der Waals surface area contributed by atoms with Crippen LogP contribution in [0.3, 0.4) is 0 Å². The van der Waals surface area contributed by atoms with E-state index in [1.807, 2.05) is 44.2 Å². The smallest absolute Gasteiger partial charge is 0.238 e. The highest BCUT2D eigenvalue weighted by molar-refractivity contribution is 7.80. The van der Waals surface area contributed by atoms with Crippen molar-refractivity contribution in [2.75, 3.05) is 5.32 Å². The molecular formula is C15H18N4OS. The Morgan fingerprint density at radius 2 is 2.00 bits per heavy atom. The predicted molar refractivity (Wildman–Crippen MR) is 87.2 cm³/mol. The number of amides is 1. The minimum absolute atomic E-state index is 0.148. The summed E-state index contributed by atoms with van der Waals surface area (Å²) in [6, 6.07) is 9.48. The third-order valence-corrected chi connectivity index (χ3v) is 3.31. The molecule has 1 amide bonds. The normalized spacial score (nSPS) is 12.1. The van der Waals surface area contributed by atoms with Crippen LogP contribution in [0.2, 0.25) is 0 Å². The van der Waals surface area contributed by atoms with Crippen molar-refractivity contribution in [3.63, 3.8) is 0 Å². The van der Waals surface area contributed by atoms with Gasteiger partial charge in [0.15, 0.2) is 0 Å². The van der Waals surface area contributed by atoms with Crippen molar-refractivity contribution in [3.8, 4) is 0 Å². The summed E-state index contributed by atoms with van der Waals surface area (Å²) in [6.45, 7) is 4.03. The number of nitrogens with one attached hydrogen (secondary N) is 1. The fourth-order valence-electron chi connectivity index (χ4n) is 1.99. The van der Waals surface area contributed by atoms with Crippen molar-refractivity contribution in [1.29, 1.82) is 0 Å². The summed E-state index contributed by atoms with van der Waals surface area (Å²) in [7, 11) is 0. The van der Waals surface area contributed by atoms with Gasteiger partial charge in [0.25, 0.3) is 0 Å². The molecule has 0 aliphatic carbocycles. The zero-order valence-electron chi connectivity index (χ0n) is 12.0. The highest BCUT2D eigenvalue weighted by Gasteiger charge is 2.23. The van der Waals surface area contributed by atoms with Crippen LogP contribution in [0.5, 0.6) is 0 Å². The Hall–Kier alpha value is -2.21. The van der Waals surface area contributed by atoms with E-state index in [4.69, 9.17) is 18.0 Å². The molecule has 2 rings (SSSR count). The molecule has 21 heavy (non-hydrogen) atoms. The second-order valence-electron chi connectivity index (χ2n) is 5.04. The highest BCUT2D eigenvalue weighted by Crippen LogP contribution is 2.19. The molecule has 1 heterocycles. The van der Waals surface area contributed by atoms with Gasteiger partial charge in [-0.2, -0.15) is 5.10 Å². The molecule has 0 spiro atoms. The standard InChI is InChI=1S/C15H18N4OS/c1-10(2)19-9-12(8-17-19)18-15(20)13(14(16)21)11-6-4-3-5-7-11/h3-10,13H,1-2H3,(H2,16,21)(H,18,20). The van der Waals surface area contributed by atoms with E-state index in [2.05, 4.69) is 10.4 Å². The van der Waals surface area contributed by atoms with Crippen LogP contribution in [-0.2, 0) is 4.79 Å². The van der Waals surface area contributed by atoms with Crippen LogP contribution in [0, 0.1) is 0 Å². The number of carbonyl (C=O) groups excluding carboxylic acids is 1. The Labute approximate surface area is 129 Å². The molecule has 0 saturated heterocycles. The lowest BCUT2D eigenvalue weighted by Gasteiger charge is -2.15. The number of benzene rings is 1. The van der Waals surface area contributed by atoms with E-state index in [1.54, 1.807) is 17.1 Å². The molecule has 1 aromatic carbocycles. The molecule has 5 nitrogen and oxygen atoms in total. The van der Waals surface area contributed by atoms with Gasteiger partial charge in [-0.15, -0.1) is 0 Å². The summed E-state index contributed by atoms with van der Waals surface area (Å²) in [5.74, 6) is -0.902. The molecule has 2 aromatic rings. The average Bonchev–Trinajstić information content (AvgIpc) is 2.88. The maximum Gasteiger partial charge on any atom is 0.238 e. The van der Waals surface area contributed by atoms with Crippen molar-refractivity contribution in [1.82, 2.24) is 9.78 Å². The number of rotatable bonds is 5. The number of nitrogens with two attached hydrogens (primary N) is 1. The quantitative estimate of drug-likeness (QED) is 0.832. The zero-order valence-corrected chi connectivity index (χ0v) is 12.8. The van der Waals surface area contributed by atoms with Gasteiger partial charge in [0.1, 0.15) is 5.92 Å². The molecule has 1 aromatic heterocycles. The van der Waals surface area contributed by atoms with Crippen molar-refractivity contribution in [2.24, 2.45) is 5.73 Å². The molecule has 6 heteroatoms. The fraction of sp³-hybridized carbons (Fsp3) is 0.267. The lowest BCUT2D eigenvalue weighted by Crippen LogP contribution is -2.31. The Bertz CT molecular complexity index is 636. The lowest BCUT2D eigenvalue weighted by atomic mass is 9.98. The van der Waals surface area contributed by atoms with Gasteiger partial charge in [-0.3, -0.25) is 9.48 Å². The summed E-state index contributed by atoms with van der Waals surface area (Å²) in [6.07, 6.45) is 3.39. The van der Waals surface area contributed by atoms with Crippen LogP contribution < -0.4 is 11.1 Å². The number of carbonyl (C=O) groups is 1. The van der Waals surface area contributed by atoms with E-state index in [-0.39, 0.29) is 16.9 Å². The Kier molecular flexibility index (Phi) is 4.70. The van der Waals surface area contributed by atoms with Gasteiger partial charge in [-0.05, 0) is 19.4 Å². The van der Waals surface area contributed by atoms with Crippen LogP contribution in [-0.4, -0.2) is 20.7 Å². The molecule has 0 aliphatic heterocycles. The number of hydrogen-bond acceptors (Lipinski definition) is 3. The molecule has 0 aliphatic rings. The van der Waals surface area contributed by atoms with E-state index >= 15 is 0 Å². The van der Waals surface area contributed by atoms with Crippen LogP contribution >= 0.6 is 12.2 Å². The minimum Gasteiger partial charge on any atom is -0.392 e. The average molecular weight is 302 g/mol. The number of thiocarbonyl (C=S) groups is 1. The molecule has 0 bridgehead atoms. The van der Waals surface area contributed by atoms with Gasteiger partial charge >= 0.3 is 0 Å². The van der Waals surface area contributed by atoms with E-state index < -0.39 is 5.92 Å². The molecule has 1 unspecified atom stereocenters. The third kappa shape index (κ3) is 3.66. The van der Waals surface area contributed by atoms with Crippen LogP contribution in [0.4, 0.5) is 5.69 Å². The van der Waals surface area contributed by atoms with E-state index in [0.717, 1.165) is 5.56 Å². The van der Waals surface area contributed by atoms with Gasteiger partial charge < -0.3 is 11.1 Å². The summed E-state index contributed by atoms with van der Waals surface area (Å²) < 4.78 is 1.77. The molecule has 0 radical (unpaired) electrons. The second kappa shape index (κ2) is 6.49. The first-order valence-corrected chi connectivity index (χ1v) is 7.09. The maximum atomic E-state index is 12.4. The number of hydrogen-bond donors (Lipinski definition) is 2. The summed E-state index contributed by atoms with van der Waals surface area (Å²) >= 11 is 5.03. The minimum atomic E-state index is -0.649. The van der Waals surface area contributed by atoms with Crippen molar-refractivity contribution in [2.45, 2.75) is 25.8 Å². The van der Waals surface area contributed by atoms with Crippen LogP contribution in [0.15, 0.2) is 42.7 Å². The number of aromatic nitrogens is 2. The molecule has 1 atom stereocenters. The van der Waals surface area contributed by atoms with Gasteiger partial charge in [-0.1, -0.05) is 42.5 Å². The summed E-state index contributed by atoms with van der Waals surface area (Å²) in [4.78, 5) is 12.6.